The molecular formula is C16H17N7O. The van der Waals surface area contributed by atoms with Gasteiger partial charge in [0, 0.05) is 24.0 Å². The zero-order valence-corrected chi connectivity index (χ0v) is 13.4. The zero-order valence-electron chi connectivity index (χ0n) is 13.4. The van der Waals surface area contributed by atoms with Gasteiger partial charge in [-0.1, -0.05) is 6.07 Å². The number of nitrogens with two attached hydrogens (primary N) is 1. The Morgan fingerprint density at radius 3 is 2.92 bits per heavy atom. The molecule has 0 radical (unpaired) electrons. The summed E-state index contributed by atoms with van der Waals surface area (Å²) in [4.78, 5) is 24.4. The average molecular weight is 323 g/mol. The molecule has 0 aliphatic heterocycles. The van der Waals surface area contributed by atoms with Crippen molar-refractivity contribution in [2.75, 3.05) is 5.32 Å². The minimum absolute atomic E-state index is 0.365. The lowest BCUT2D eigenvalue weighted by atomic mass is 10.1. The van der Waals surface area contributed by atoms with Crippen LogP contribution < -0.4 is 11.1 Å². The number of hydrogen-bond acceptors (Lipinski definition) is 6. The summed E-state index contributed by atoms with van der Waals surface area (Å²) in [7, 11) is 0. The molecule has 3 heterocycles. The van der Waals surface area contributed by atoms with Crippen molar-refractivity contribution in [3.05, 3.63) is 59.4 Å². The van der Waals surface area contributed by atoms with Crippen molar-refractivity contribution >= 4 is 11.7 Å². The van der Waals surface area contributed by atoms with Gasteiger partial charge >= 0.3 is 0 Å². The van der Waals surface area contributed by atoms with Gasteiger partial charge in [-0.05, 0) is 31.5 Å². The van der Waals surface area contributed by atoms with Gasteiger partial charge in [0.1, 0.15) is 18.5 Å². The molecule has 3 rings (SSSR count). The number of nitrogens with zero attached hydrogens (tertiary/aromatic N) is 5. The third kappa shape index (κ3) is 3.07. The van der Waals surface area contributed by atoms with Crippen molar-refractivity contribution < 1.29 is 4.79 Å². The number of primary amides is 1. The van der Waals surface area contributed by atoms with Crippen molar-refractivity contribution in [2.45, 2.75) is 20.4 Å². The lowest BCUT2D eigenvalue weighted by molar-refractivity contribution is 0.100. The van der Waals surface area contributed by atoms with Crippen LogP contribution in [0.25, 0.3) is 5.82 Å². The highest BCUT2D eigenvalue weighted by molar-refractivity contribution is 5.97. The van der Waals surface area contributed by atoms with E-state index in [-0.39, 0.29) is 0 Å². The molecule has 0 saturated heterocycles. The fourth-order valence-corrected chi connectivity index (χ4v) is 2.30. The van der Waals surface area contributed by atoms with Crippen LogP contribution in [0.15, 0.2) is 37.1 Å². The van der Waals surface area contributed by atoms with Crippen LogP contribution in [0.5, 0.6) is 0 Å². The summed E-state index contributed by atoms with van der Waals surface area (Å²) in [5, 5.41) is 7.27. The Kier molecular flexibility index (Phi) is 4.19. The first-order chi connectivity index (χ1) is 11.6. The Morgan fingerprint density at radius 1 is 1.38 bits per heavy atom. The van der Waals surface area contributed by atoms with Crippen LogP contribution >= 0.6 is 0 Å². The van der Waals surface area contributed by atoms with E-state index in [2.05, 4.69) is 25.4 Å². The number of amides is 1. The number of anilines is 1. The second-order valence-electron chi connectivity index (χ2n) is 5.33. The summed E-state index contributed by atoms with van der Waals surface area (Å²) >= 11 is 0. The van der Waals surface area contributed by atoms with Gasteiger partial charge in [0.2, 0.25) is 0 Å². The smallest absolute Gasteiger partial charge is 0.252 e. The number of aromatic nitrogens is 5. The van der Waals surface area contributed by atoms with Crippen LogP contribution in [-0.4, -0.2) is 30.6 Å². The van der Waals surface area contributed by atoms with E-state index in [1.54, 1.807) is 23.3 Å². The van der Waals surface area contributed by atoms with E-state index in [1.165, 1.54) is 6.33 Å². The van der Waals surface area contributed by atoms with Gasteiger partial charge in [-0.25, -0.2) is 19.6 Å². The Hall–Kier alpha value is -3.29. The van der Waals surface area contributed by atoms with Crippen LogP contribution in [0.3, 0.4) is 0 Å². The number of carbonyl (C=O) groups excluding carboxylic acids is 1. The van der Waals surface area contributed by atoms with E-state index in [0.717, 1.165) is 16.8 Å². The number of nitrogens with one attached hydrogen (secondary N) is 1. The second-order valence-corrected chi connectivity index (χ2v) is 5.33. The third-order valence-corrected chi connectivity index (χ3v) is 3.68. The first-order valence-electron chi connectivity index (χ1n) is 7.37. The highest BCUT2D eigenvalue weighted by Crippen LogP contribution is 2.18. The number of pyridine rings is 2. The highest BCUT2D eigenvalue weighted by Gasteiger charge is 2.13. The summed E-state index contributed by atoms with van der Waals surface area (Å²) in [6.07, 6.45) is 4.71. The largest absolute Gasteiger partial charge is 0.365 e. The molecule has 0 unspecified atom stereocenters. The topological polar surface area (TPSA) is 112 Å². The lowest BCUT2D eigenvalue weighted by Gasteiger charge is -2.13. The first-order valence-corrected chi connectivity index (χ1v) is 7.37. The van der Waals surface area contributed by atoms with Crippen molar-refractivity contribution in [1.82, 2.24) is 24.7 Å². The molecule has 0 spiro atoms. The molecule has 0 saturated carbocycles. The molecule has 0 aliphatic carbocycles. The normalized spacial score (nSPS) is 10.6. The Balaban J connectivity index is 1.90. The average Bonchev–Trinajstić information content (AvgIpc) is 3.10. The summed E-state index contributed by atoms with van der Waals surface area (Å²) in [6.45, 7) is 4.19. The van der Waals surface area contributed by atoms with Gasteiger partial charge in [0.25, 0.3) is 5.91 Å². The Labute approximate surface area is 138 Å². The second kappa shape index (κ2) is 6.45. The predicted octanol–water partition coefficient (Wildman–Crippen LogP) is 1.39. The molecule has 1 amide bonds. The van der Waals surface area contributed by atoms with Crippen LogP contribution in [0.4, 0.5) is 5.82 Å². The van der Waals surface area contributed by atoms with Crippen molar-refractivity contribution in [3.63, 3.8) is 0 Å². The fourth-order valence-electron chi connectivity index (χ4n) is 2.30. The van der Waals surface area contributed by atoms with Crippen LogP contribution in [0.2, 0.25) is 0 Å². The maximum Gasteiger partial charge on any atom is 0.252 e. The van der Waals surface area contributed by atoms with Gasteiger partial charge in [0.15, 0.2) is 5.82 Å². The SMILES string of the molecule is Cc1cc(C(N)=O)c(NCc2cccnc2-n2cncn2)nc1C. The molecule has 24 heavy (non-hydrogen) atoms. The van der Waals surface area contributed by atoms with Crippen molar-refractivity contribution in [1.29, 1.82) is 0 Å². The van der Waals surface area contributed by atoms with Crippen LogP contribution in [-0.2, 0) is 6.54 Å². The molecule has 3 aromatic heterocycles. The molecule has 0 aliphatic rings. The van der Waals surface area contributed by atoms with Crippen LogP contribution in [0.1, 0.15) is 27.2 Å². The maximum absolute atomic E-state index is 11.7. The molecule has 0 atom stereocenters. The molecule has 0 aromatic carbocycles. The Bertz CT molecular complexity index is 874. The summed E-state index contributed by atoms with van der Waals surface area (Å²) in [6, 6.07) is 5.50. The zero-order chi connectivity index (χ0) is 17.1. The number of aryl methyl sites for hydroxylation is 2. The van der Waals surface area contributed by atoms with Gasteiger partial charge in [-0.15, -0.1) is 0 Å². The number of rotatable bonds is 5. The van der Waals surface area contributed by atoms with E-state index in [4.69, 9.17) is 5.73 Å². The lowest BCUT2D eigenvalue weighted by Crippen LogP contribution is -2.17. The monoisotopic (exact) mass is 323 g/mol. The van der Waals surface area contributed by atoms with Gasteiger partial charge < -0.3 is 11.1 Å². The molecular weight excluding hydrogens is 306 g/mol. The minimum Gasteiger partial charge on any atom is -0.365 e. The maximum atomic E-state index is 11.7. The van der Waals surface area contributed by atoms with Gasteiger partial charge in [0.05, 0.1) is 5.56 Å². The fraction of sp³-hybridized carbons (Fsp3) is 0.188. The van der Waals surface area contributed by atoms with Gasteiger partial charge in [-0.2, -0.15) is 5.10 Å². The number of carbonyl (C=O) groups is 1. The standard InChI is InChI=1S/C16H17N7O/c1-10-6-13(14(17)24)15(22-11(10)2)20-7-12-4-3-5-19-16(12)23-9-18-8-21-23/h3-6,8-9H,7H2,1-2H3,(H2,17,24)(H,20,22). The van der Waals surface area contributed by atoms with E-state index in [1.807, 2.05) is 26.0 Å². The summed E-state index contributed by atoms with van der Waals surface area (Å²) in [5.41, 5.74) is 8.46. The summed E-state index contributed by atoms with van der Waals surface area (Å²) < 4.78 is 1.58. The third-order valence-electron chi connectivity index (χ3n) is 3.68. The first kappa shape index (κ1) is 15.6. The molecule has 122 valence electrons. The van der Waals surface area contributed by atoms with Crippen molar-refractivity contribution in [2.24, 2.45) is 5.73 Å². The molecule has 8 heteroatoms. The Morgan fingerprint density at radius 2 is 2.21 bits per heavy atom. The predicted molar refractivity (Wildman–Crippen MR) is 88.7 cm³/mol. The molecule has 3 aromatic rings. The van der Waals surface area contributed by atoms with E-state index >= 15 is 0 Å². The van der Waals surface area contributed by atoms with Crippen LogP contribution in [0, 0.1) is 13.8 Å². The molecule has 8 nitrogen and oxygen atoms in total. The van der Waals surface area contributed by atoms with E-state index in [0.29, 0.717) is 23.7 Å². The van der Waals surface area contributed by atoms with Crippen molar-refractivity contribution in [3.8, 4) is 5.82 Å². The van der Waals surface area contributed by atoms with E-state index < -0.39 is 5.91 Å². The minimum atomic E-state index is -0.518. The molecule has 0 bridgehead atoms. The highest BCUT2D eigenvalue weighted by atomic mass is 16.1. The summed E-state index contributed by atoms with van der Waals surface area (Å²) in [5.74, 6) is 0.599. The quantitative estimate of drug-likeness (QED) is 0.734. The molecule has 3 N–H and O–H groups in total. The van der Waals surface area contributed by atoms with Gasteiger partial charge in [-0.3, -0.25) is 4.79 Å². The molecule has 0 fully saturated rings. The van der Waals surface area contributed by atoms with E-state index in [9.17, 15) is 4.79 Å². The number of hydrogen-bond donors (Lipinski definition) is 2.